The maximum atomic E-state index is 11.1. The van der Waals surface area contributed by atoms with Gasteiger partial charge in [0.25, 0.3) is 5.69 Å². The number of nitrogens with one attached hydrogen (secondary N) is 1. The van der Waals surface area contributed by atoms with Crippen LogP contribution in [0.5, 0.6) is 5.88 Å². The number of nitrogens with zero attached hydrogens (tertiary/aromatic N) is 4. The molecule has 35 heavy (non-hydrogen) atoms. The molecular formula is C25H23N5O4S. The van der Waals surface area contributed by atoms with Crippen molar-refractivity contribution in [3.8, 4) is 28.5 Å². The Labute approximate surface area is 206 Å². The largest absolute Gasteiger partial charge is 0.455 e. The fraction of sp³-hybridized carbons (Fsp3) is 0.240. The lowest BCUT2D eigenvalue weighted by atomic mass is 10.1. The van der Waals surface area contributed by atoms with Gasteiger partial charge in [-0.1, -0.05) is 43.3 Å². The highest BCUT2D eigenvalue weighted by Gasteiger charge is 2.28. The molecule has 0 saturated heterocycles. The van der Waals surface area contributed by atoms with Gasteiger partial charge in [0.05, 0.1) is 4.92 Å². The van der Waals surface area contributed by atoms with E-state index in [1.165, 1.54) is 12.1 Å². The van der Waals surface area contributed by atoms with Crippen molar-refractivity contribution >= 4 is 23.1 Å². The van der Waals surface area contributed by atoms with Crippen LogP contribution in [0.25, 0.3) is 22.6 Å². The van der Waals surface area contributed by atoms with Crippen LogP contribution in [0.2, 0.25) is 0 Å². The predicted octanol–water partition coefficient (Wildman–Crippen LogP) is 6.41. The number of hydrogen-bond donors (Lipinski definition) is 1. The van der Waals surface area contributed by atoms with Crippen molar-refractivity contribution in [3.63, 3.8) is 0 Å². The number of nitro groups is 1. The molecule has 0 fully saturated rings. The number of non-ortho nitro benzene ring substituents is 1. The van der Waals surface area contributed by atoms with Crippen LogP contribution in [0.3, 0.4) is 0 Å². The van der Waals surface area contributed by atoms with E-state index in [1.807, 2.05) is 43.3 Å². The van der Waals surface area contributed by atoms with Crippen molar-refractivity contribution in [2.45, 2.75) is 38.1 Å². The standard InChI is InChI=1S/C25H23N5O4S/c1-3-4-13-35-25-27-24-22(28-29-25)18-7-5-6-8-19(18)26-23(34-24)21-12-11-20(33-21)17-10-9-16(30(31)32)14-15(17)2/h5-12,14,23,26H,3-4,13H2,1-2H3/t23-/m0/s1. The highest BCUT2D eigenvalue weighted by molar-refractivity contribution is 7.99. The quantitative estimate of drug-likeness (QED) is 0.136. The summed E-state index contributed by atoms with van der Waals surface area (Å²) in [4.78, 5) is 15.3. The molecule has 1 N–H and O–H groups in total. The molecule has 3 heterocycles. The first-order valence-corrected chi connectivity index (χ1v) is 12.3. The summed E-state index contributed by atoms with van der Waals surface area (Å²) in [5, 5.41) is 23.8. The third-order valence-electron chi connectivity index (χ3n) is 5.63. The third kappa shape index (κ3) is 4.69. The second-order valence-electron chi connectivity index (χ2n) is 8.10. The highest BCUT2D eigenvalue weighted by Crippen LogP contribution is 2.40. The van der Waals surface area contributed by atoms with E-state index >= 15 is 0 Å². The van der Waals surface area contributed by atoms with Crippen LogP contribution in [-0.4, -0.2) is 25.9 Å². The zero-order chi connectivity index (χ0) is 24.4. The molecule has 2 aromatic carbocycles. The molecule has 1 atom stereocenters. The summed E-state index contributed by atoms with van der Waals surface area (Å²) in [5.41, 5.74) is 3.79. The molecule has 10 heteroatoms. The Morgan fingerprint density at radius 2 is 1.97 bits per heavy atom. The molecule has 5 rings (SSSR count). The smallest absolute Gasteiger partial charge is 0.269 e. The van der Waals surface area contributed by atoms with Crippen LogP contribution in [0, 0.1) is 17.0 Å². The lowest BCUT2D eigenvalue weighted by Crippen LogP contribution is -2.16. The number of aryl methyl sites for hydroxylation is 1. The molecule has 2 aromatic heterocycles. The molecule has 1 aliphatic heterocycles. The Morgan fingerprint density at radius 1 is 1.11 bits per heavy atom. The van der Waals surface area contributed by atoms with Crippen molar-refractivity contribution < 1.29 is 14.1 Å². The van der Waals surface area contributed by atoms with Gasteiger partial charge >= 0.3 is 0 Å². The summed E-state index contributed by atoms with van der Waals surface area (Å²) in [6, 6.07) is 16.1. The second-order valence-corrected chi connectivity index (χ2v) is 9.16. The van der Waals surface area contributed by atoms with Gasteiger partial charge in [0.2, 0.25) is 17.3 Å². The van der Waals surface area contributed by atoms with Gasteiger partial charge in [-0.2, -0.15) is 4.98 Å². The molecule has 178 valence electrons. The van der Waals surface area contributed by atoms with Crippen LogP contribution >= 0.6 is 11.8 Å². The molecule has 0 saturated carbocycles. The number of nitro benzene ring substituents is 1. The Hall–Kier alpha value is -3.92. The maximum absolute atomic E-state index is 11.1. The Morgan fingerprint density at radius 3 is 2.77 bits per heavy atom. The number of hydrogen-bond acceptors (Lipinski definition) is 9. The van der Waals surface area contributed by atoms with Crippen molar-refractivity contribution in [2.24, 2.45) is 0 Å². The van der Waals surface area contributed by atoms with E-state index in [9.17, 15) is 10.1 Å². The van der Waals surface area contributed by atoms with Crippen LogP contribution in [0.15, 0.2) is 64.2 Å². The van der Waals surface area contributed by atoms with E-state index < -0.39 is 11.2 Å². The fourth-order valence-electron chi connectivity index (χ4n) is 3.82. The number of anilines is 1. The number of rotatable bonds is 7. The first-order chi connectivity index (χ1) is 17.0. The van der Waals surface area contributed by atoms with Crippen molar-refractivity contribution in [2.75, 3.05) is 11.1 Å². The normalized spacial score (nSPS) is 14.3. The van der Waals surface area contributed by atoms with Gasteiger partial charge < -0.3 is 14.5 Å². The molecule has 0 unspecified atom stereocenters. The van der Waals surface area contributed by atoms with E-state index in [4.69, 9.17) is 9.15 Å². The molecule has 0 aliphatic carbocycles. The molecule has 0 bridgehead atoms. The first kappa shape index (κ1) is 22.9. The summed E-state index contributed by atoms with van der Waals surface area (Å²) < 4.78 is 12.4. The molecule has 1 aliphatic rings. The topological polar surface area (TPSA) is 116 Å². The Balaban J connectivity index is 1.49. The zero-order valence-electron chi connectivity index (χ0n) is 19.2. The van der Waals surface area contributed by atoms with Crippen LogP contribution in [0.1, 0.15) is 37.3 Å². The lowest BCUT2D eigenvalue weighted by Gasteiger charge is -2.16. The van der Waals surface area contributed by atoms with Gasteiger partial charge in [-0.3, -0.25) is 10.1 Å². The Bertz CT molecular complexity index is 1390. The van der Waals surface area contributed by atoms with E-state index in [0.717, 1.165) is 41.0 Å². The Kier molecular flexibility index (Phi) is 6.37. The second kappa shape index (κ2) is 9.75. The third-order valence-corrected chi connectivity index (χ3v) is 6.56. The first-order valence-electron chi connectivity index (χ1n) is 11.3. The number of para-hydroxylation sites is 1. The number of aromatic nitrogens is 3. The van der Waals surface area contributed by atoms with Gasteiger partial charge in [-0.05, 0) is 43.2 Å². The number of furan rings is 1. The molecule has 0 radical (unpaired) electrons. The van der Waals surface area contributed by atoms with Crippen LogP contribution in [0.4, 0.5) is 11.4 Å². The summed E-state index contributed by atoms with van der Waals surface area (Å²) in [6.45, 7) is 3.96. The summed E-state index contributed by atoms with van der Waals surface area (Å²) in [5.74, 6) is 2.42. The number of unbranched alkanes of at least 4 members (excludes halogenated alkanes) is 1. The maximum Gasteiger partial charge on any atom is 0.269 e. The van der Waals surface area contributed by atoms with E-state index in [2.05, 4.69) is 27.4 Å². The van der Waals surface area contributed by atoms with E-state index in [1.54, 1.807) is 17.8 Å². The monoisotopic (exact) mass is 489 g/mol. The molecule has 0 spiro atoms. The van der Waals surface area contributed by atoms with Gasteiger partial charge in [-0.25, -0.2) is 0 Å². The van der Waals surface area contributed by atoms with Crippen molar-refractivity contribution in [1.82, 2.24) is 15.2 Å². The van der Waals surface area contributed by atoms with Crippen molar-refractivity contribution in [3.05, 3.63) is 76.0 Å². The molecule has 4 aromatic rings. The average Bonchev–Trinajstić information content (AvgIpc) is 3.28. The number of ether oxygens (including phenoxy) is 1. The van der Waals surface area contributed by atoms with Gasteiger partial charge in [0, 0.05) is 34.7 Å². The molecular weight excluding hydrogens is 466 g/mol. The van der Waals surface area contributed by atoms with Gasteiger partial charge in [0.15, 0.2) is 11.5 Å². The van der Waals surface area contributed by atoms with Crippen LogP contribution in [-0.2, 0) is 0 Å². The number of benzene rings is 2. The van der Waals surface area contributed by atoms with Crippen LogP contribution < -0.4 is 10.1 Å². The van der Waals surface area contributed by atoms with Gasteiger partial charge in [-0.15, -0.1) is 10.2 Å². The fourth-order valence-corrected chi connectivity index (χ4v) is 4.68. The SMILES string of the molecule is CCCCSc1nnc2c(n1)O[C@@H](c1ccc(-c3ccc([N+](=O)[O-])cc3C)o1)Nc1ccccc1-2. The zero-order valence-corrected chi connectivity index (χ0v) is 20.0. The minimum Gasteiger partial charge on any atom is -0.455 e. The summed E-state index contributed by atoms with van der Waals surface area (Å²) in [7, 11) is 0. The minimum atomic E-state index is -0.658. The summed E-state index contributed by atoms with van der Waals surface area (Å²) >= 11 is 1.55. The number of fused-ring (bicyclic) bond motifs is 3. The molecule has 0 amide bonds. The highest BCUT2D eigenvalue weighted by atomic mass is 32.2. The van der Waals surface area contributed by atoms with Gasteiger partial charge in [0.1, 0.15) is 5.76 Å². The average molecular weight is 490 g/mol. The number of thioether (sulfide) groups is 1. The lowest BCUT2D eigenvalue weighted by molar-refractivity contribution is -0.384. The molecule has 9 nitrogen and oxygen atoms in total. The summed E-state index contributed by atoms with van der Waals surface area (Å²) in [6.07, 6.45) is 1.50. The predicted molar refractivity (Wildman–Crippen MR) is 133 cm³/mol. The minimum absolute atomic E-state index is 0.0415. The van der Waals surface area contributed by atoms with E-state index in [0.29, 0.717) is 28.3 Å². The van der Waals surface area contributed by atoms with Crippen molar-refractivity contribution in [1.29, 1.82) is 0 Å². The van der Waals surface area contributed by atoms with E-state index in [-0.39, 0.29) is 5.69 Å².